The molecular formula is C14H21BrF2N2O2. The Bertz CT molecular complexity index is 457. The highest BCUT2D eigenvalue weighted by Crippen LogP contribution is 2.24. The molecule has 1 rings (SSSR count). The van der Waals surface area contributed by atoms with E-state index in [0.717, 1.165) is 4.47 Å². The first kappa shape index (κ1) is 18.3. The minimum absolute atomic E-state index is 0.132. The first-order chi connectivity index (χ1) is 9.69. The topological polar surface area (TPSA) is 44.7 Å². The number of halogens is 3. The van der Waals surface area contributed by atoms with Crippen LogP contribution in [0.15, 0.2) is 22.7 Å². The Hall–Kier alpha value is -0.760. The fraction of sp³-hybridized carbons (Fsp3) is 0.571. The summed E-state index contributed by atoms with van der Waals surface area (Å²) in [5, 5.41) is 13.2. The van der Waals surface area contributed by atoms with Crippen LogP contribution in [-0.2, 0) is 6.54 Å². The molecule has 0 amide bonds. The molecule has 0 aliphatic heterocycles. The van der Waals surface area contributed by atoms with Gasteiger partial charge in [-0.25, -0.2) is 0 Å². The molecule has 0 saturated carbocycles. The Morgan fingerprint density at radius 3 is 2.67 bits per heavy atom. The second-order valence-corrected chi connectivity index (χ2v) is 6.38. The molecule has 0 aliphatic rings. The van der Waals surface area contributed by atoms with Gasteiger partial charge in [0.15, 0.2) is 0 Å². The van der Waals surface area contributed by atoms with Crippen LogP contribution in [-0.4, -0.2) is 49.4 Å². The zero-order chi connectivity index (χ0) is 16.0. The number of nitrogens with one attached hydrogen (secondary N) is 1. The van der Waals surface area contributed by atoms with E-state index in [9.17, 15) is 13.9 Å². The SMILES string of the molecule is CN(C)CC(C)(O)CNCc1cc(Br)ccc1OC(F)F. The van der Waals surface area contributed by atoms with Gasteiger partial charge in [0.25, 0.3) is 0 Å². The summed E-state index contributed by atoms with van der Waals surface area (Å²) in [4.78, 5) is 1.88. The van der Waals surface area contributed by atoms with Crippen LogP contribution in [0.3, 0.4) is 0 Å². The van der Waals surface area contributed by atoms with Crippen molar-refractivity contribution >= 4 is 15.9 Å². The van der Waals surface area contributed by atoms with Crippen molar-refractivity contribution in [3.63, 3.8) is 0 Å². The van der Waals surface area contributed by atoms with Gasteiger partial charge in [0, 0.05) is 29.7 Å². The van der Waals surface area contributed by atoms with E-state index in [4.69, 9.17) is 0 Å². The number of alkyl halides is 2. The van der Waals surface area contributed by atoms with Gasteiger partial charge in [0.05, 0.1) is 5.60 Å². The van der Waals surface area contributed by atoms with Crippen molar-refractivity contribution in [2.45, 2.75) is 25.7 Å². The lowest BCUT2D eigenvalue weighted by atomic mass is 10.1. The highest BCUT2D eigenvalue weighted by molar-refractivity contribution is 9.10. The van der Waals surface area contributed by atoms with Crippen LogP contribution in [0.1, 0.15) is 12.5 Å². The first-order valence-electron chi connectivity index (χ1n) is 6.51. The predicted octanol–water partition coefficient (Wildman–Crippen LogP) is 2.45. The lowest BCUT2D eigenvalue weighted by Crippen LogP contribution is -2.45. The quantitative estimate of drug-likeness (QED) is 0.741. The third-order valence-electron chi connectivity index (χ3n) is 2.72. The lowest BCUT2D eigenvalue weighted by molar-refractivity contribution is -0.0505. The summed E-state index contributed by atoms with van der Waals surface area (Å²) in [7, 11) is 3.74. The zero-order valence-corrected chi connectivity index (χ0v) is 14.0. The molecule has 4 nitrogen and oxygen atoms in total. The molecule has 0 spiro atoms. The smallest absolute Gasteiger partial charge is 0.387 e. The van der Waals surface area contributed by atoms with Crippen LogP contribution < -0.4 is 10.1 Å². The average molecular weight is 367 g/mol. The van der Waals surface area contributed by atoms with E-state index in [1.165, 1.54) is 6.07 Å². The molecule has 0 fully saturated rings. The van der Waals surface area contributed by atoms with Crippen molar-refractivity contribution in [1.29, 1.82) is 0 Å². The van der Waals surface area contributed by atoms with Crippen molar-refractivity contribution in [2.24, 2.45) is 0 Å². The van der Waals surface area contributed by atoms with Crippen LogP contribution >= 0.6 is 15.9 Å². The molecule has 21 heavy (non-hydrogen) atoms. The highest BCUT2D eigenvalue weighted by atomic mass is 79.9. The number of ether oxygens (including phenoxy) is 1. The van der Waals surface area contributed by atoms with Crippen molar-refractivity contribution < 1.29 is 18.6 Å². The van der Waals surface area contributed by atoms with E-state index < -0.39 is 12.2 Å². The molecule has 1 aromatic rings. The van der Waals surface area contributed by atoms with Crippen LogP contribution in [0.2, 0.25) is 0 Å². The highest BCUT2D eigenvalue weighted by Gasteiger charge is 2.21. The van der Waals surface area contributed by atoms with Gasteiger partial charge < -0.3 is 20.1 Å². The van der Waals surface area contributed by atoms with Crippen LogP contribution in [0, 0.1) is 0 Å². The van der Waals surface area contributed by atoms with Gasteiger partial charge in [0.2, 0.25) is 0 Å². The Balaban J connectivity index is 2.64. The van der Waals surface area contributed by atoms with Gasteiger partial charge in [-0.2, -0.15) is 8.78 Å². The number of rotatable bonds is 8. The molecule has 0 aromatic heterocycles. The third-order valence-corrected chi connectivity index (χ3v) is 3.21. The summed E-state index contributed by atoms with van der Waals surface area (Å²) < 4.78 is 30.0. The van der Waals surface area contributed by atoms with Gasteiger partial charge in [-0.15, -0.1) is 0 Å². The lowest BCUT2D eigenvalue weighted by Gasteiger charge is -2.27. The summed E-state index contributed by atoms with van der Waals surface area (Å²) in [6.07, 6.45) is 0. The number of hydrogen-bond acceptors (Lipinski definition) is 4. The maximum atomic E-state index is 12.4. The second-order valence-electron chi connectivity index (χ2n) is 5.47. The minimum Gasteiger partial charge on any atom is -0.434 e. The molecule has 0 bridgehead atoms. The predicted molar refractivity (Wildman–Crippen MR) is 81.7 cm³/mol. The summed E-state index contributed by atoms with van der Waals surface area (Å²) >= 11 is 3.30. The van der Waals surface area contributed by atoms with Crippen molar-refractivity contribution in [1.82, 2.24) is 10.2 Å². The summed E-state index contributed by atoms with van der Waals surface area (Å²) in [6.45, 7) is 0.0227. The van der Waals surface area contributed by atoms with Crippen molar-refractivity contribution in [3.05, 3.63) is 28.2 Å². The molecule has 0 aliphatic carbocycles. The molecule has 0 radical (unpaired) electrons. The molecule has 0 heterocycles. The largest absolute Gasteiger partial charge is 0.434 e. The Kier molecular flexibility index (Phi) is 6.99. The molecular weight excluding hydrogens is 346 g/mol. The molecule has 2 N–H and O–H groups in total. The summed E-state index contributed by atoms with van der Waals surface area (Å²) in [5.74, 6) is 0.132. The second kappa shape index (κ2) is 8.03. The first-order valence-corrected chi connectivity index (χ1v) is 7.30. The van der Waals surface area contributed by atoms with Crippen molar-refractivity contribution in [3.8, 4) is 5.75 Å². The van der Waals surface area contributed by atoms with E-state index >= 15 is 0 Å². The third kappa shape index (κ3) is 7.17. The summed E-state index contributed by atoms with van der Waals surface area (Å²) in [5.41, 5.74) is -0.301. The number of benzene rings is 1. The monoisotopic (exact) mass is 366 g/mol. The number of aliphatic hydroxyl groups is 1. The van der Waals surface area contributed by atoms with E-state index in [1.807, 2.05) is 19.0 Å². The molecule has 1 aromatic carbocycles. The van der Waals surface area contributed by atoms with Crippen LogP contribution in [0.4, 0.5) is 8.78 Å². The van der Waals surface area contributed by atoms with Gasteiger partial charge in [-0.3, -0.25) is 0 Å². The summed E-state index contributed by atoms with van der Waals surface area (Å²) in [6, 6.07) is 4.85. The van der Waals surface area contributed by atoms with Gasteiger partial charge in [0.1, 0.15) is 5.75 Å². The van der Waals surface area contributed by atoms with E-state index in [-0.39, 0.29) is 5.75 Å². The van der Waals surface area contributed by atoms with E-state index in [1.54, 1.807) is 19.1 Å². The number of nitrogens with zero attached hydrogens (tertiary/aromatic N) is 1. The average Bonchev–Trinajstić information content (AvgIpc) is 2.30. The molecule has 1 unspecified atom stereocenters. The molecule has 7 heteroatoms. The Labute approximate surface area is 132 Å². The molecule has 120 valence electrons. The normalized spacial score (nSPS) is 14.5. The molecule has 0 saturated heterocycles. The van der Waals surface area contributed by atoms with Crippen LogP contribution in [0.5, 0.6) is 5.75 Å². The Morgan fingerprint density at radius 2 is 2.10 bits per heavy atom. The van der Waals surface area contributed by atoms with Gasteiger partial charge >= 0.3 is 6.61 Å². The van der Waals surface area contributed by atoms with Crippen molar-refractivity contribution in [2.75, 3.05) is 27.2 Å². The maximum absolute atomic E-state index is 12.4. The standard InChI is InChI=1S/C14H21BrF2N2O2/c1-14(20,9-19(2)3)8-18-7-10-6-11(15)4-5-12(10)21-13(16)17/h4-6,13,18,20H,7-9H2,1-3H3. The van der Waals surface area contributed by atoms with Crippen LogP contribution in [0.25, 0.3) is 0 Å². The zero-order valence-electron chi connectivity index (χ0n) is 12.4. The fourth-order valence-electron chi connectivity index (χ4n) is 2.10. The van der Waals surface area contributed by atoms with Gasteiger partial charge in [-0.05, 0) is 39.2 Å². The van der Waals surface area contributed by atoms with Gasteiger partial charge in [-0.1, -0.05) is 15.9 Å². The maximum Gasteiger partial charge on any atom is 0.387 e. The van der Waals surface area contributed by atoms with E-state index in [2.05, 4.69) is 26.0 Å². The Morgan fingerprint density at radius 1 is 1.43 bits per heavy atom. The number of likely N-dealkylation sites (N-methyl/N-ethyl adjacent to an activating group) is 1. The minimum atomic E-state index is -2.86. The fourth-order valence-corrected chi connectivity index (χ4v) is 2.51. The molecule has 1 atom stereocenters. The number of hydrogen-bond donors (Lipinski definition) is 2. The van der Waals surface area contributed by atoms with E-state index in [0.29, 0.717) is 25.2 Å².